The molecule has 8 nitrogen and oxygen atoms in total. The number of likely N-dealkylation sites (tertiary alicyclic amines) is 1. The third-order valence-corrected chi connectivity index (χ3v) is 8.28. The van der Waals surface area contributed by atoms with Crippen LogP contribution in [0.1, 0.15) is 46.9 Å². The maximum Gasteiger partial charge on any atom is 0.297 e. The van der Waals surface area contributed by atoms with Gasteiger partial charge >= 0.3 is 0 Å². The van der Waals surface area contributed by atoms with Crippen LogP contribution in [0.3, 0.4) is 0 Å². The highest BCUT2D eigenvalue weighted by Gasteiger charge is 2.30. The number of nitrogens with zero attached hydrogens (tertiary/aromatic N) is 6. The number of aromatic hydroxyl groups is 1. The van der Waals surface area contributed by atoms with E-state index in [-0.39, 0.29) is 23.3 Å². The number of halogens is 2. The predicted molar refractivity (Wildman–Crippen MR) is 150 cm³/mol. The molecule has 2 fully saturated rings. The number of rotatable bonds is 6. The van der Waals surface area contributed by atoms with Crippen LogP contribution in [-0.2, 0) is 6.54 Å². The van der Waals surface area contributed by atoms with Gasteiger partial charge in [0.15, 0.2) is 22.9 Å². The Kier molecular flexibility index (Phi) is 7.24. The second-order valence-electron chi connectivity index (χ2n) is 10.1. The maximum absolute atomic E-state index is 14.2. The van der Waals surface area contributed by atoms with Gasteiger partial charge in [-0.15, -0.1) is 16.9 Å². The van der Waals surface area contributed by atoms with Gasteiger partial charge in [-0.2, -0.15) is 0 Å². The van der Waals surface area contributed by atoms with Crippen molar-refractivity contribution in [1.82, 2.24) is 19.5 Å². The highest BCUT2D eigenvalue weighted by molar-refractivity contribution is 7.98. The fraction of sp³-hybridized carbons (Fsp3) is 0.310. The van der Waals surface area contributed by atoms with Crippen molar-refractivity contribution in [2.24, 2.45) is 4.99 Å². The van der Waals surface area contributed by atoms with Crippen LogP contribution in [0.2, 0.25) is 0 Å². The van der Waals surface area contributed by atoms with Crippen molar-refractivity contribution < 1.29 is 18.7 Å². The minimum Gasteiger partial charge on any atom is -0.505 e. The van der Waals surface area contributed by atoms with Crippen LogP contribution in [0.25, 0.3) is 5.65 Å². The summed E-state index contributed by atoms with van der Waals surface area (Å²) in [5.74, 6) is -1.00. The van der Waals surface area contributed by atoms with Crippen molar-refractivity contribution in [1.29, 1.82) is 0 Å². The van der Waals surface area contributed by atoms with Gasteiger partial charge in [-0.25, -0.2) is 23.3 Å². The standard InChI is InChI=1S/C29H28F2N6O2S/c1-40-26-7-5-19(30)14-21(26)23-3-2-11-36(23)28-9-8-27-32-15-24(37(27)34-28)29(39)33-20-10-12-35(17-20)16-18-4-6-22(31)25(38)13-18/h4-9,13-15,23,38H,2-3,10-12,16-17H2,1H3/t23-/m1/s1. The molecule has 2 aliphatic heterocycles. The molecule has 0 unspecified atom stereocenters. The first-order valence-corrected chi connectivity index (χ1v) is 14.4. The summed E-state index contributed by atoms with van der Waals surface area (Å²) in [6, 6.07) is 12.9. The molecule has 2 aliphatic rings. The van der Waals surface area contributed by atoms with E-state index in [0.717, 1.165) is 41.1 Å². The Morgan fingerprint density at radius 1 is 1.15 bits per heavy atom. The monoisotopic (exact) mass is 562 g/mol. The quantitative estimate of drug-likeness (QED) is 0.321. The molecule has 4 heterocycles. The predicted octanol–water partition coefficient (Wildman–Crippen LogP) is 5.26. The highest BCUT2D eigenvalue weighted by Crippen LogP contribution is 2.39. The number of aromatic nitrogens is 3. The summed E-state index contributed by atoms with van der Waals surface area (Å²) >= 11 is 1.60. The normalized spacial score (nSPS) is 18.8. The van der Waals surface area contributed by atoms with E-state index in [2.05, 4.69) is 19.8 Å². The second-order valence-corrected chi connectivity index (χ2v) is 10.9. The molecule has 2 aromatic carbocycles. The van der Waals surface area contributed by atoms with Crippen molar-refractivity contribution in [2.45, 2.75) is 36.7 Å². The minimum atomic E-state index is -0.651. The van der Waals surface area contributed by atoms with Gasteiger partial charge in [0.2, 0.25) is 0 Å². The van der Waals surface area contributed by atoms with Crippen molar-refractivity contribution in [2.75, 3.05) is 30.8 Å². The first kappa shape index (κ1) is 26.4. The van der Waals surface area contributed by atoms with E-state index in [9.17, 15) is 18.7 Å². The molecule has 1 atom stereocenters. The average Bonchev–Trinajstić information content (AvgIpc) is 3.70. The first-order chi connectivity index (χ1) is 19.4. The number of amides is 1. The molecule has 0 aliphatic carbocycles. The lowest BCUT2D eigenvalue weighted by molar-refractivity contribution is 0.0996. The second kappa shape index (κ2) is 11.0. The van der Waals surface area contributed by atoms with Gasteiger partial charge in [-0.3, -0.25) is 9.69 Å². The van der Waals surface area contributed by atoms with Gasteiger partial charge in [0.05, 0.1) is 12.2 Å². The van der Waals surface area contributed by atoms with E-state index in [1.54, 1.807) is 23.9 Å². The molecule has 4 aromatic rings. The zero-order chi connectivity index (χ0) is 27.8. The SMILES string of the molecule is CSc1ccc(F)cc1[C@H]1CCCN1c1ccc2ncc(C(=O)N=C3CCN(Cc4ccc(F)c(O)c4)C3)n2n1. The molecule has 1 N–H and O–H groups in total. The lowest BCUT2D eigenvalue weighted by atomic mass is 10.0. The molecule has 1 amide bonds. The van der Waals surface area contributed by atoms with Gasteiger partial charge in [0.1, 0.15) is 11.6 Å². The Labute approximate surface area is 234 Å². The number of fused-ring (bicyclic) bond motifs is 1. The number of phenolic OH excluding ortho intramolecular Hbond substituents is 1. The number of aliphatic imine (C=N–C) groups is 1. The number of anilines is 1. The summed E-state index contributed by atoms with van der Waals surface area (Å²) in [6.07, 6.45) is 5.95. The largest absolute Gasteiger partial charge is 0.505 e. The topological polar surface area (TPSA) is 86.3 Å². The molecule has 206 valence electrons. The molecule has 40 heavy (non-hydrogen) atoms. The number of hydrogen-bond acceptors (Lipinski definition) is 7. The fourth-order valence-electron chi connectivity index (χ4n) is 5.54. The maximum atomic E-state index is 14.2. The minimum absolute atomic E-state index is 0.0153. The van der Waals surface area contributed by atoms with E-state index in [1.165, 1.54) is 28.9 Å². The summed E-state index contributed by atoms with van der Waals surface area (Å²) in [5.41, 5.74) is 3.30. The Bertz CT molecular complexity index is 1620. The fourth-order valence-corrected chi connectivity index (χ4v) is 6.17. The third-order valence-electron chi connectivity index (χ3n) is 7.46. The van der Waals surface area contributed by atoms with E-state index in [4.69, 9.17) is 5.10 Å². The number of hydrogen-bond donors (Lipinski definition) is 1. The summed E-state index contributed by atoms with van der Waals surface area (Å²) in [7, 11) is 0. The first-order valence-electron chi connectivity index (χ1n) is 13.1. The molecule has 6 rings (SSSR count). The van der Waals surface area contributed by atoms with Crippen LogP contribution >= 0.6 is 11.8 Å². The number of benzene rings is 2. The van der Waals surface area contributed by atoms with E-state index in [0.29, 0.717) is 37.5 Å². The number of phenols is 1. The molecule has 2 aromatic heterocycles. The summed E-state index contributed by atoms with van der Waals surface area (Å²) in [6.45, 7) is 2.49. The molecule has 0 spiro atoms. The molecule has 2 saturated heterocycles. The Morgan fingerprint density at radius 3 is 2.85 bits per heavy atom. The zero-order valence-corrected chi connectivity index (χ0v) is 22.7. The molecule has 11 heteroatoms. The smallest absolute Gasteiger partial charge is 0.297 e. The zero-order valence-electron chi connectivity index (χ0n) is 21.9. The van der Waals surface area contributed by atoms with Gasteiger partial charge in [-0.1, -0.05) is 6.07 Å². The van der Waals surface area contributed by atoms with Gasteiger partial charge in [0, 0.05) is 36.8 Å². The van der Waals surface area contributed by atoms with Crippen LogP contribution in [0.15, 0.2) is 64.6 Å². The van der Waals surface area contributed by atoms with E-state index >= 15 is 0 Å². The molecular weight excluding hydrogens is 534 g/mol. The summed E-state index contributed by atoms with van der Waals surface area (Å²) in [4.78, 5) is 27.3. The summed E-state index contributed by atoms with van der Waals surface area (Å²) in [5, 5.41) is 14.4. The molecular formula is C29H28F2N6O2S. The van der Waals surface area contributed by atoms with Crippen molar-refractivity contribution in [3.63, 3.8) is 0 Å². The van der Waals surface area contributed by atoms with Crippen molar-refractivity contribution >= 4 is 34.8 Å². The van der Waals surface area contributed by atoms with Gasteiger partial charge in [0.25, 0.3) is 5.91 Å². The molecule has 0 radical (unpaired) electrons. The third kappa shape index (κ3) is 5.18. The Morgan fingerprint density at radius 2 is 2.02 bits per heavy atom. The van der Waals surface area contributed by atoms with Crippen molar-refractivity contribution in [3.8, 4) is 5.75 Å². The van der Waals surface area contributed by atoms with Crippen LogP contribution in [-0.4, -0.2) is 62.1 Å². The van der Waals surface area contributed by atoms with Gasteiger partial charge < -0.3 is 10.0 Å². The highest BCUT2D eigenvalue weighted by atomic mass is 32.2. The van der Waals surface area contributed by atoms with Crippen molar-refractivity contribution in [3.05, 3.63) is 83.2 Å². The Hall–Kier alpha value is -3.83. The van der Waals surface area contributed by atoms with Crippen LogP contribution in [0, 0.1) is 11.6 Å². The van der Waals surface area contributed by atoms with Crippen LogP contribution < -0.4 is 4.90 Å². The number of thioether (sulfide) groups is 1. The van der Waals surface area contributed by atoms with E-state index in [1.807, 2.05) is 24.5 Å². The number of carbonyl (C=O) groups excluding carboxylic acids is 1. The summed E-state index contributed by atoms with van der Waals surface area (Å²) < 4.78 is 29.1. The lowest BCUT2D eigenvalue weighted by Gasteiger charge is -2.27. The molecule has 0 saturated carbocycles. The average molecular weight is 563 g/mol. The number of imidazole rings is 1. The number of carbonyl (C=O) groups is 1. The van der Waals surface area contributed by atoms with E-state index < -0.39 is 11.7 Å². The lowest BCUT2D eigenvalue weighted by Crippen LogP contribution is -2.25. The van der Waals surface area contributed by atoms with Gasteiger partial charge in [-0.05, 0) is 79.1 Å². The van der Waals surface area contributed by atoms with Crippen LogP contribution in [0.5, 0.6) is 5.75 Å². The molecule has 0 bridgehead atoms. The van der Waals surface area contributed by atoms with Crippen LogP contribution in [0.4, 0.5) is 14.6 Å². The Balaban J connectivity index is 1.22.